The van der Waals surface area contributed by atoms with E-state index in [1.165, 1.54) is 0 Å². The van der Waals surface area contributed by atoms with E-state index < -0.39 is 10.4 Å². The molecule has 0 rings (SSSR count). The third-order valence-corrected chi connectivity index (χ3v) is 4.74. The molecule has 0 fully saturated rings. The fourth-order valence-corrected chi connectivity index (χ4v) is 3.06. The molecule has 7 heteroatoms. The molecule has 0 radical (unpaired) electrons. The fourth-order valence-electron chi connectivity index (χ4n) is 0.0227. The zero-order chi connectivity index (χ0) is 5.91. The summed E-state index contributed by atoms with van der Waals surface area (Å²) >= 11 is 0.443. The molecule has 44 valence electrons. The van der Waals surface area contributed by atoms with Gasteiger partial charge in [-0.05, 0) is 0 Å². The summed E-state index contributed by atoms with van der Waals surface area (Å²) in [5, 5.41) is 0. The molecule has 7 heavy (non-hydrogen) atoms. The van der Waals surface area contributed by atoms with E-state index in [9.17, 15) is 8.42 Å². The van der Waals surface area contributed by atoms with Crippen molar-refractivity contribution in [1.82, 2.24) is 0 Å². The van der Waals surface area contributed by atoms with Gasteiger partial charge in [-0.2, -0.15) is 0 Å². The van der Waals surface area contributed by atoms with Crippen LogP contribution in [0.5, 0.6) is 0 Å². The van der Waals surface area contributed by atoms with Crippen molar-refractivity contribution in [3.8, 4) is 0 Å². The van der Waals surface area contributed by atoms with Gasteiger partial charge in [0.1, 0.15) is 0 Å². The topological polar surface area (TPSA) is 52.6 Å². The Morgan fingerprint density at radius 1 is 1.14 bits per heavy atom. The molecule has 0 saturated heterocycles. The van der Waals surface area contributed by atoms with Gasteiger partial charge in [0, 0.05) is 0 Å². The Morgan fingerprint density at radius 2 is 1.43 bits per heavy atom. The maximum absolute atomic E-state index is 9.99. The van der Waals surface area contributed by atoms with Gasteiger partial charge in [-0.25, -0.2) is 0 Å². The van der Waals surface area contributed by atoms with Gasteiger partial charge in [0.05, 0.1) is 0 Å². The predicted octanol–water partition coefficient (Wildman–Crippen LogP) is -2.64. The molecule has 0 aliphatic carbocycles. The van der Waals surface area contributed by atoms with Crippen LogP contribution < -0.4 is 0 Å². The third-order valence-electron chi connectivity index (χ3n) is 0.236. The Morgan fingerprint density at radius 3 is 1.43 bits per heavy atom. The summed E-state index contributed by atoms with van der Waals surface area (Å²) in [6, 6.07) is 0. The normalized spacial score (nSPS) is 11.7. The van der Waals surface area contributed by atoms with Crippen LogP contribution >= 0.6 is 0 Å². The van der Waals surface area contributed by atoms with Crippen LogP contribution in [0.4, 0.5) is 0 Å². The Hall–Kier alpha value is 1.51. The van der Waals surface area contributed by atoms with Gasteiger partial charge in [0.15, 0.2) is 0 Å². The van der Waals surface area contributed by atoms with Crippen molar-refractivity contribution in [2.75, 3.05) is 0 Å². The first kappa shape index (κ1) is 8.51. The summed E-state index contributed by atoms with van der Waals surface area (Å²) in [6.07, 6.45) is 0. The Balaban J connectivity index is 3.89. The van der Waals surface area contributed by atoms with Gasteiger partial charge in [-0.3, -0.25) is 0 Å². The number of rotatable bonds is 2. The van der Waals surface area contributed by atoms with E-state index in [1.54, 1.807) is 0 Å². The van der Waals surface area contributed by atoms with Crippen molar-refractivity contribution in [1.29, 1.82) is 0 Å². The molecule has 0 amide bonds. The summed E-state index contributed by atoms with van der Waals surface area (Å²) in [5.41, 5.74) is 0. The average Bonchev–Trinajstić information content (AvgIpc) is 1.68. The molecular weight excluding hydrogens is 340 g/mol. The molecule has 0 aliphatic heterocycles. The molecule has 0 aromatic carbocycles. The first-order valence-corrected chi connectivity index (χ1v) is 5.16. The molecule has 0 atom stereocenters. The van der Waals surface area contributed by atoms with E-state index in [2.05, 4.69) is 4.92 Å². The molecule has 0 aliphatic rings. The summed E-state index contributed by atoms with van der Waals surface area (Å²) < 4.78 is 28.0. The summed E-state index contributed by atoms with van der Waals surface area (Å²) in [6.45, 7) is 0. The van der Waals surface area contributed by atoms with Crippen LogP contribution in [0.25, 0.3) is 0 Å². The van der Waals surface area contributed by atoms with Crippen molar-refractivity contribution >= 4 is 57.3 Å². The molecule has 0 N–H and O–H groups in total. The molecule has 0 unspecified atom stereocenters. The first-order valence-electron chi connectivity index (χ1n) is 1.14. The second kappa shape index (κ2) is 3.52. The quantitative estimate of drug-likeness (QED) is 0.515. The maximum atomic E-state index is 9.99. The van der Waals surface area contributed by atoms with E-state index in [1.807, 2.05) is 0 Å². The van der Waals surface area contributed by atoms with E-state index in [-0.39, 0.29) is 46.9 Å². The first-order chi connectivity index (χ1) is 3.12. The van der Waals surface area contributed by atoms with Crippen molar-refractivity contribution in [2.45, 2.75) is 0 Å². The van der Waals surface area contributed by atoms with Gasteiger partial charge in [0.2, 0.25) is 0 Å². The minimum absolute atomic E-state index is 0.221. The summed E-state index contributed by atoms with van der Waals surface area (Å²) in [7, 11) is -3.54. The van der Waals surface area contributed by atoms with Gasteiger partial charge in [0.25, 0.3) is 0 Å². The van der Waals surface area contributed by atoms with Crippen LogP contribution in [-0.2, 0) is 15.3 Å². The molecule has 0 aromatic heterocycles. The van der Waals surface area contributed by atoms with E-state index in [4.69, 9.17) is 0 Å². The van der Waals surface area contributed by atoms with Gasteiger partial charge in [-0.15, -0.1) is 0 Å². The molecular formula is H4O4SSb2. The molecule has 0 bridgehead atoms. The van der Waals surface area contributed by atoms with E-state index >= 15 is 0 Å². The van der Waals surface area contributed by atoms with Crippen molar-refractivity contribution in [3.63, 3.8) is 0 Å². The Kier molecular flexibility index (Phi) is 4.27. The molecule has 4 nitrogen and oxygen atoms in total. The minimum atomic E-state index is -3.54. The predicted molar refractivity (Wildman–Crippen MR) is 28.2 cm³/mol. The molecule has 0 saturated carbocycles. The van der Waals surface area contributed by atoms with Crippen molar-refractivity contribution in [2.24, 2.45) is 0 Å². The summed E-state index contributed by atoms with van der Waals surface area (Å²) in [5.74, 6) is 0. The standard InChI is InChI=1S/H2O4S.2Sb.4H/c1-5(2,3)4;;;;;;/h(H2,1,2,3,4);;;;;;/q;2*+1;;;;/p-2. The number of hydrogen-bond acceptors (Lipinski definition) is 4. The van der Waals surface area contributed by atoms with Crippen LogP contribution in [-0.4, -0.2) is 55.3 Å². The van der Waals surface area contributed by atoms with E-state index in [0.29, 0.717) is 0 Å². The monoisotopic (exact) mass is 342 g/mol. The zero-order valence-corrected chi connectivity index (χ0v) is 10.6. The molecule has 0 heterocycles. The fraction of sp³-hybridized carbons (Fsp3) is 0. The van der Waals surface area contributed by atoms with Gasteiger partial charge < -0.3 is 0 Å². The average molecular weight is 344 g/mol. The van der Waals surface area contributed by atoms with Crippen LogP contribution in [0.3, 0.4) is 0 Å². The second-order valence-corrected chi connectivity index (χ2v) is 5.10. The van der Waals surface area contributed by atoms with Gasteiger partial charge in [-0.1, -0.05) is 0 Å². The molecule has 0 aromatic rings. The zero-order valence-electron chi connectivity index (χ0n) is 3.20. The van der Waals surface area contributed by atoms with Crippen LogP contribution in [0.15, 0.2) is 0 Å². The molecule has 0 spiro atoms. The number of hydrogen-bond donors (Lipinski definition) is 0. The van der Waals surface area contributed by atoms with Crippen LogP contribution in [0.2, 0.25) is 0 Å². The van der Waals surface area contributed by atoms with E-state index in [0.717, 1.165) is 0 Å². The van der Waals surface area contributed by atoms with Crippen LogP contribution in [0, 0.1) is 0 Å². The SMILES string of the molecule is O=S(=O)([O][SbH2])[O][SbH2]. The van der Waals surface area contributed by atoms with Crippen molar-refractivity contribution in [3.05, 3.63) is 0 Å². The van der Waals surface area contributed by atoms with Gasteiger partial charge >= 0.3 is 70.6 Å². The Labute approximate surface area is 70.0 Å². The second-order valence-electron chi connectivity index (χ2n) is 0.601. The summed E-state index contributed by atoms with van der Waals surface area (Å²) in [4.78, 5) is 0. The van der Waals surface area contributed by atoms with Crippen molar-refractivity contribution < 1.29 is 13.3 Å². The Bertz CT molecular complexity index is 113. The third kappa shape index (κ3) is 4.04. The van der Waals surface area contributed by atoms with Crippen LogP contribution in [0.1, 0.15) is 0 Å².